The molecule has 1 spiro atoms. The molecule has 5 aromatic rings. The van der Waals surface area contributed by atoms with Crippen LogP contribution < -0.4 is 0 Å². The van der Waals surface area contributed by atoms with E-state index in [2.05, 4.69) is 109 Å². The minimum Gasteiger partial charge on any atom is -0.0837 e. The van der Waals surface area contributed by atoms with Crippen molar-refractivity contribution in [3.8, 4) is 33.4 Å². The summed E-state index contributed by atoms with van der Waals surface area (Å²) in [5.41, 5.74) is 12.3. The maximum atomic E-state index is 6.88. The third-order valence-corrected chi connectivity index (χ3v) is 7.50. The fourth-order valence-corrected chi connectivity index (χ4v) is 6.33. The molecule has 7 rings (SSSR count). The summed E-state index contributed by atoms with van der Waals surface area (Å²) in [7, 11) is 0. The van der Waals surface area contributed by atoms with Crippen LogP contribution in [0, 0.1) is 0 Å². The highest BCUT2D eigenvalue weighted by Gasteiger charge is 2.49. The SMILES string of the molecule is Clc1cccc2c1-c1ccccc1C21c2ccccc2-c2ccccc2-c2ccccc21. The first kappa shape index (κ1) is 18.0. The molecule has 2 aliphatic rings. The molecule has 1 heteroatoms. The summed E-state index contributed by atoms with van der Waals surface area (Å²) in [6, 6.07) is 41.7. The van der Waals surface area contributed by atoms with Gasteiger partial charge in [-0.3, -0.25) is 0 Å². The minimum absolute atomic E-state index is 0.428. The lowest BCUT2D eigenvalue weighted by molar-refractivity contribution is 0.775. The molecular weight excluding hydrogens is 408 g/mol. The minimum atomic E-state index is -0.428. The molecule has 0 saturated carbocycles. The predicted molar refractivity (Wildman–Crippen MR) is 133 cm³/mol. The molecule has 0 nitrogen and oxygen atoms in total. The van der Waals surface area contributed by atoms with E-state index in [1.807, 2.05) is 6.07 Å². The molecule has 0 unspecified atom stereocenters. The molecule has 0 saturated heterocycles. The van der Waals surface area contributed by atoms with Crippen molar-refractivity contribution >= 4 is 11.6 Å². The van der Waals surface area contributed by atoms with Gasteiger partial charge >= 0.3 is 0 Å². The normalized spacial score (nSPS) is 14.0. The first-order chi connectivity index (χ1) is 15.8. The molecule has 0 amide bonds. The van der Waals surface area contributed by atoms with Gasteiger partial charge in [0.1, 0.15) is 0 Å². The number of hydrogen-bond acceptors (Lipinski definition) is 0. The molecule has 2 aliphatic carbocycles. The fourth-order valence-electron chi connectivity index (χ4n) is 6.05. The van der Waals surface area contributed by atoms with Gasteiger partial charge in [-0.25, -0.2) is 0 Å². The summed E-state index contributed by atoms with van der Waals surface area (Å²) >= 11 is 6.88. The summed E-state index contributed by atoms with van der Waals surface area (Å²) in [4.78, 5) is 0. The Kier molecular flexibility index (Phi) is 3.63. The van der Waals surface area contributed by atoms with Crippen LogP contribution in [0.4, 0.5) is 0 Å². The van der Waals surface area contributed by atoms with Crippen molar-refractivity contribution < 1.29 is 0 Å². The summed E-state index contributed by atoms with van der Waals surface area (Å²) < 4.78 is 0. The maximum Gasteiger partial charge on any atom is 0.0726 e. The number of fused-ring (bicyclic) bond motifs is 12. The number of benzene rings is 5. The molecule has 5 aromatic carbocycles. The second kappa shape index (κ2) is 6.45. The van der Waals surface area contributed by atoms with Crippen molar-refractivity contribution in [3.05, 3.63) is 143 Å². The van der Waals surface area contributed by atoms with Crippen LogP contribution >= 0.6 is 11.6 Å². The summed E-state index contributed by atoms with van der Waals surface area (Å²) in [6.07, 6.45) is 0. The highest BCUT2D eigenvalue weighted by Crippen LogP contribution is 2.62. The number of rotatable bonds is 0. The van der Waals surface area contributed by atoms with Crippen molar-refractivity contribution in [1.82, 2.24) is 0 Å². The molecule has 0 bridgehead atoms. The lowest BCUT2D eigenvalue weighted by Gasteiger charge is -2.35. The van der Waals surface area contributed by atoms with E-state index in [-0.39, 0.29) is 0 Å². The smallest absolute Gasteiger partial charge is 0.0726 e. The molecular formula is C31H19Cl. The lowest BCUT2D eigenvalue weighted by atomic mass is 9.66. The molecule has 0 aliphatic heterocycles. The Morgan fingerprint density at radius 1 is 0.375 bits per heavy atom. The third-order valence-electron chi connectivity index (χ3n) is 7.19. The van der Waals surface area contributed by atoms with Gasteiger partial charge in [-0.1, -0.05) is 121 Å². The zero-order valence-electron chi connectivity index (χ0n) is 17.3. The largest absolute Gasteiger partial charge is 0.0837 e. The molecule has 32 heavy (non-hydrogen) atoms. The van der Waals surface area contributed by atoms with Crippen LogP contribution in [-0.2, 0) is 5.41 Å². The molecule has 0 heterocycles. The zero-order valence-corrected chi connectivity index (χ0v) is 18.1. The van der Waals surface area contributed by atoms with Gasteiger partial charge in [0, 0.05) is 10.6 Å². The van der Waals surface area contributed by atoms with E-state index < -0.39 is 5.41 Å². The van der Waals surface area contributed by atoms with E-state index >= 15 is 0 Å². The van der Waals surface area contributed by atoms with Crippen molar-refractivity contribution in [2.75, 3.05) is 0 Å². The Morgan fingerprint density at radius 3 is 1.34 bits per heavy atom. The molecule has 150 valence electrons. The van der Waals surface area contributed by atoms with E-state index in [0.717, 1.165) is 10.6 Å². The standard InChI is InChI=1S/C31H19Cl/c32-29-19-9-18-28-30(29)24-14-5-8-17-27(24)31(28)25-15-6-3-12-22(25)20-10-1-2-11-21(20)23-13-4-7-16-26(23)31/h1-19H. The summed E-state index contributed by atoms with van der Waals surface area (Å²) in [6.45, 7) is 0. The number of halogens is 1. The Morgan fingerprint density at radius 2 is 0.781 bits per heavy atom. The molecule has 0 atom stereocenters. The Bertz CT molecular complexity index is 1480. The molecule has 0 N–H and O–H groups in total. The quantitative estimate of drug-likeness (QED) is 0.228. The highest BCUT2D eigenvalue weighted by molar-refractivity contribution is 6.34. The Labute approximate surface area is 192 Å². The highest BCUT2D eigenvalue weighted by atomic mass is 35.5. The lowest BCUT2D eigenvalue weighted by Crippen LogP contribution is -2.29. The Balaban J connectivity index is 1.79. The molecule has 0 fully saturated rings. The summed E-state index contributed by atoms with van der Waals surface area (Å²) in [5.74, 6) is 0. The summed E-state index contributed by atoms with van der Waals surface area (Å²) in [5, 5.41) is 0.809. The second-order valence-electron chi connectivity index (χ2n) is 8.59. The maximum absolute atomic E-state index is 6.88. The van der Waals surface area contributed by atoms with Crippen molar-refractivity contribution in [1.29, 1.82) is 0 Å². The van der Waals surface area contributed by atoms with Crippen molar-refractivity contribution in [2.24, 2.45) is 0 Å². The van der Waals surface area contributed by atoms with Gasteiger partial charge in [0.2, 0.25) is 0 Å². The first-order valence-electron chi connectivity index (χ1n) is 11.0. The first-order valence-corrected chi connectivity index (χ1v) is 11.4. The van der Waals surface area contributed by atoms with Gasteiger partial charge < -0.3 is 0 Å². The van der Waals surface area contributed by atoms with Gasteiger partial charge in [0.25, 0.3) is 0 Å². The van der Waals surface area contributed by atoms with E-state index in [4.69, 9.17) is 11.6 Å². The van der Waals surface area contributed by atoms with Gasteiger partial charge in [-0.05, 0) is 56.1 Å². The van der Waals surface area contributed by atoms with Gasteiger partial charge in [0.05, 0.1) is 5.41 Å². The van der Waals surface area contributed by atoms with Crippen LogP contribution in [0.2, 0.25) is 5.02 Å². The van der Waals surface area contributed by atoms with Crippen LogP contribution in [0.15, 0.2) is 115 Å². The van der Waals surface area contributed by atoms with Crippen LogP contribution in [0.5, 0.6) is 0 Å². The van der Waals surface area contributed by atoms with Gasteiger partial charge in [-0.2, -0.15) is 0 Å². The average molecular weight is 427 g/mol. The Hall–Kier alpha value is -3.61. The van der Waals surface area contributed by atoms with Crippen LogP contribution in [0.1, 0.15) is 22.3 Å². The van der Waals surface area contributed by atoms with Crippen LogP contribution in [0.25, 0.3) is 33.4 Å². The molecule has 0 aromatic heterocycles. The fraction of sp³-hybridized carbons (Fsp3) is 0.0323. The van der Waals surface area contributed by atoms with E-state index in [9.17, 15) is 0 Å². The van der Waals surface area contributed by atoms with Gasteiger partial charge in [-0.15, -0.1) is 0 Å². The van der Waals surface area contributed by atoms with E-state index in [1.165, 1.54) is 50.1 Å². The number of hydrogen-bond donors (Lipinski definition) is 0. The van der Waals surface area contributed by atoms with E-state index in [1.54, 1.807) is 0 Å². The van der Waals surface area contributed by atoms with Crippen molar-refractivity contribution in [2.45, 2.75) is 5.41 Å². The van der Waals surface area contributed by atoms with Crippen LogP contribution in [-0.4, -0.2) is 0 Å². The molecule has 0 radical (unpaired) electrons. The predicted octanol–water partition coefficient (Wildman–Crippen LogP) is 8.35. The zero-order chi connectivity index (χ0) is 21.3. The topological polar surface area (TPSA) is 0 Å². The second-order valence-corrected chi connectivity index (χ2v) is 9.00. The third kappa shape index (κ3) is 2.08. The average Bonchev–Trinajstić information content (AvgIpc) is 3.10. The van der Waals surface area contributed by atoms with E-state index in [0.29, 0.717) is 0 Å². The monoisotopic (exact) mass is 426 g/mol. The van der Waals surface area contributed by atoms with Crippen molar-refractivity contribution in [3.63, 3.8) is 0 Å². The van der Waals surface area contributed by atoms with Crippen LogP contribution in [0.3, 0.4) is 0 Å². The van der Waals surface area contributed by atoms with Gasteiger partial charge in [0.15, 0.2) is 0 Å².